The van der Waals surface area contributed by atoms with E-state index in [1.165, 1.54) is 0 Å². The molecule has 4 nitrogen and oxygen atoms in total. The van der Waals surface area contributed by atoms with E-state index in [-0.39, 0.29) is 6.61 Å². The maximum absolute atomic E-state index is 10.8. The molecule has 1 rings (SSSR count). The predicted octanol–water partition coefficient (Wildman–Crippen LogP) is 0.950. The molecule has 0 aromatic heterocycles. The highest BCUT2D eigenvalue weighted by molar-refractivity contribution is 7.86. The van der Waals surface area contributed by atoms with Crippen molar-refractivity contribution in [2.75, 3.05) is 12.9 Å². The summed E-state index contributed by atoms with van der Waals surface area (Å²) < 4.78 is 26.3. The minimum Gasteiger partial charge on any atom is -0.396 e. The highest BCUT2D eigenvalue weighted by Crippen LogP contribution is 2.14. The maximum atomic E-state index is 10.8. The molecular formula is C10H14O4S. The van der Waals surface area contributed by atoms with Crippen LogP contribution in [-0.4, -0.2) is 26.4 Å². The monoisotopic (exact) mass is 230 g/mol. The zero-order chi connectivity index (χ0) is 11.3. The largest absolute Gasteiger partial charge is 0.396 e. The Hall–Kier alpha value is -1.07. The first kappa shape index (κ1) is 12.0. The zero-order valence-electron chi connectivity index (χ0n) is 8.51. The van der Waals surface area contributed by atoms with E-state index in [0.29, 0.717) is 12.2 Å². The molecule has 5 heteroatoms. The molecule has 0 fully saturated rings. The van der Waals surface area contributed by atoms with Crippen molar-refractivity contribution in [3.8, 4) is 5.75 Å². The summed E-state index contributed by atoms with van der Waals surface area (Å²) in [5.41, 5.74) is 1.05. The van der Waals surface area contributed by atoms with Crippen LogP contribution in [0.3, 0.4) is 0 Å². The summed E-state index contributed by atoms with van der Waals surface area (Å²) in [4.78, 5) is 0. The fraction of sp³-hybridized carbons (Fsp3) is 0.400. The number of rotatable bonds is 5. The number of aliphatic hydroxyl groups is 1. The molecule has 0 saturated heterocycles. The quantitative estimate of drug-likeness (QED) is 0.765. The number of benzene rings is 1. The predicted molar refractivity (Wildman–Crippen MR) is 57.3 cm³/mol. The molecule has 1 aromatic carbocycles. The van der Waals surface area contributed by atoms with Gasteiger partial charge < -0.3 is 9.29 Å². The van der Waals surface area contributed by atoms with Gasteiger partial charge in [0, 0.05) is 6.61 Å². The van der Waals surface area contributed by atoms with Crippen LogP contribution < -0.4 is 4.18 Å². The first-order valence-electron chi connectivity index (χ1n) is 4.60. The van der Waals surface area contributed by atoms with Gasteiger partial charge in [0.2, 0.25) is 0 Å². The summed E-state index contributed by atoms with van der Waals surface area (Å²) in [5, 5.41) is 8.63. The summed E-state index contributed by atoms with van der Waals surface area (Å²) in [6.07, 6.45) is 2.48. The standard InChI is InChI=1S/C10H14O4S/c1-15(12,13)14-10-6-4-9(5-7-10)3-2-8-11/h4-7,11H,2-3,8H2,1H3. The van der Waals surface area contributed by atoms with E-state index >= 15 is 0 Å². The molecule has 1 N–H and O–H groups in total. The molecule has 1 aromatic rings. The third-order valence-corrected chi connectivity index (χ3v) is 2.29. The number of hydrogen-bond acceptors (Lipinski definition) is 4. The summed E-state index contributed by atoms with van der Waals surface area (Å²) in [6.45, 7) is 0.154. The summed E-state index contributed by atoms with van der Waals surface area (Å²) in [6, 6.07) is 6.79. The zero-order valence-corrected chi connectivity index (χ0v) is 9.33. The van der Waals surface area contributed by atoms with Gasteiger partial charge in [0.25, 0.3) is 0 Å². The van der Waals surface area contributed by atoms with Crippen LogP contribution in [0.15, 0.2) is 24.3 Å². The topological polar surface area (TPSA) is 63.6 Å². The molecule has 0 aliphatic carbocycles. The SMILES string of the molecule is CS(=O)(=O)Oc1ccc(CCCO)cc1. The minimum atomic E-state index is -3.45. The number of hydrogen-bond donors (Lipinski definition) is 1. The van der Waals surface area contributed by atoms with Crippen LogP contribution >= 0.6 is 0 Å². The van der Waals surface area contributed by atoms with Gasteiger partial charge in [-0.2, -0.15) is 8.42 Å². The Labute approximate surface area is 89.6 Å². The highest BCUT2D eigenvalue weighted by atomic mass is 32.2. The summed E-state index contributed by atoms with van der Waals surface area (Å²) in [7, 11) is -3.45. The number of aliphatic hydroxyl groups excluding tert-OH is 1. The van der Waals surface area contributed by atoms with Crippen molar-refractivity contribution in [2.45, 2.75) is 12.8 Å². The lowest BCUT2D eigenvalue weighted by Gasteiger charge is -2.04. The third-order valence-electron chi connectivity index (χ3n) is 1.79. The molecule has 0 heterocycles. The second-order valence-corrected chi connectivity index (χ2v) is 4.83. The van der Waals surface area contributed by atoms with E-state index in [2.05, 4.69) is 4.18 Å². The second-order valence-electron chi connectivity index (χ2n) is 3.26. The maximum Gasteiger partial charge on any atom is 0.306 e. The Bertz CT molecular complexity index is 394. The van der Waals surface area contributed by atoms with Crippen LogP contribution in [0, 0.1) is 0 Å². The van der Waals surface area contributed by atoms with E-state index in [0.717, 1.165) is 18.2 Å². The molecule has 84 valence electrons. The Kier molecular flexibility index (Phi) is 4.11. The molecule has 0 atom stereocenters. The molecule has 0 aliphatic heterocycles. The fourth-order valence-corrected chi connectivity index (χ4v) is 1.63. The first-order valence-corrected chi connectivity index (χ1v) is 6.42. The van der Waals surface area contributed by atoms with Crippen LogP contribution in [0.5, 0.6) is 5.75 Å². The average molecular weight is 230 g/mol. The summed E-state index contributed by atoms with van der Waals surface area (Å²) in [5.74, 6) is 0.310. The Morgan fingerprint density at radius 2 is 1.87 bits per heavy atom. The van der Waals surface area contributed by atoms with Crippen molar-refractivity contribution < 1.29 is 17.7 Å². The van der Waals surface area contributed by atoms with Gasteiger partial charge >= 0.3 is 10.1 Å². The van der Waals surface area contributed by atoms with Crippen molar-refractivity contribution in [1.82, 2.24) is 0 Å². The molecule has 0 unspecified atom stereocenters. The van der Waals surface area contributed by atoms with Gasteiger partial charge in [0.1, 0.15) is 5.75 Å². The van der Waals surface area contributed by atoms with Crippen molar-refractivity contribution in [3.63, 3.8) is 0 Å². The van der Waals surface area contributed by atoms with Gasteiger partial charge in [-0.3, -0.25) is 0 Å². The van der Waals surface area contributed by atoms with Gasteiger partial charge in [0.15, 0.2) is 0 Å². The molecule has 0 radical (unpaired) electrons. The van der Waals surface area contributed by atoms with Gasteiger partial charge in [-0.1, -0.05) is 12.1 Å². The Morgan fingerprint density at radius 3 is 2.33 bits per heavy atom. The lowest BCUT2D eigenvalue weighted by molar-refractivity contribution is 0.288. The molecule has 0 spiro atoms. The van der Waals surface area contributed by atoms with E-state index in [1.54, 1.807) is 24.3 Å². The van der Waals surface area contributed by atoms with Crippen LogP contribution in [0.25, 0.3) is 0 Å². The van der Waals surface area contributed by atoms with Crippen molar-refractivity contribution in [2.24, 2.45) is 0 Å². The smallest absolute Gasteiger partial charge is 0.306 e. The molecule has 0 saturated carbocycles. The average Bonchev–Trinajstić information content (AvgIpc) is 2.14. The minimum absolute atomic E-state index is 0.154. The molecule has 15 heavy (non-hydrogen) atoms. The van der Waals surface area contributed by atoms with Gasteiger partial charge in [-0.15, -0.1) is 0 Å². The molecular weight excluding hydrogens is 216 g/mol. The van der Waals surface area contributed by atoms with Gasteiger partial charge in [-0.25, -0.2) is 0 Å². The van der Waals surface area contributed by atoms with E-state index in [1.807, 2.05) is 0 Å². The van der Waals surface area contributed by atoms with Crippen molar-refractivity contribution in [3.05, 3.63) is 29.8 Å². The second kappa shape index (κ2) is 5.14. The molecule has 0 bridgehead atoms. The number of aryl methyl sites for hydroxylation is 1. The van der Waals surface area contributed by atoms with Crippen molar-refractivity contribution >= 4 is 10.1 Å². The van der Waals surface area contributed by atoms with Crippen LogP contribution in [0.4, 0.5) is 0 Å². The third kappa shape index (κ3) is 4.80. The molecule has 0 amide bonds. The van der Waals surface area contributed by atoms with Gasteiger partial charge in [-0.05, 0) is 30.5 Å². The summed E-state index contributed by atoms with van der Waals surface area (Å²) >= 11 is 0. The van der Waals surface area contributed by atoms with Crippen LogP contribution in [0.1, 0.15) is 12.0 Å². The lowest BCUT2D eigenvalue weighted by Crippen LogP contribution is -2.05. The van der Waals surface area contributed by atoms with Crippen LogP contribution in [0.2, 0.25) is 0 Å². The Balaban J connectivity index is 2.64. The van der Waals surface area contributed by atoms with E-state index in [9.17, 15) is 8.42 Å². The highest BCUT2D eigenvalue weighted by Gasteiger charge is 2.03. The lowest BCUT2D eigenvalue weighted by atomic mass is 10.1. The van der Waals surface area contributed by atoms with Crippen molar-refractivity contribution in [1.29, 1.82) is 0 Å². The first-order chi connectivity index (χ1) is 7.01. The van der Waals surface area contributed by atoms with Gasteiger partial charge in [0.05, 0.1) is 6.26 Å². The normalized spacial score (nSPS) is 11.3. The molecule has 0 aliphatic rings. The van der Waals surface area contributed by atoms with E-state index < -0.39 is 10.1 Å². The van der Waals surface area contributed by atoms with E-state index in [4.69, 9.17) is 5.11 Å². The van der Waals surface area contributed by atoms with Crippen LogP contribution in [-0.2, 0) is 16.5 Å². The Morgan fingerprint density at radius 1 is 1.27 bits per heavy atom. The fourth-order valence-electron chi connectivity index (χ4n) is 1.17.